The zero-order chi connectivity index (χ0) is 16.9. The van der Waals surface area contributed by atoms with Gasteiger partial charge in [0, 0.05) is 23.1 Å². The average Bonchev–Trinajstić information content (AvgIpc) is 2.45. The number of halogens is 1. The first-order valence-corrected chi connectivity index (χ1v) is 8.83. The fourth-order valence-electron chi connectivity index (χ4n) is 3.78. The zero-order valence-corrected chi connectivity index (χ0v) is 15.2. The highest BCUT2D eigenvalue weighted by Crippen LogP contribution is 2.49. The molecule has 4 heteroatoms. The lowest BCUT2D eigenvalue weighted by Gasteiger charge is -2.51. The van der Waals surface area contributed by atoms with Crippen LogP contribution in [0.2, 0.25) is 5.02 Å². The third-order valence-corrected chi connectivity index (χ3v) is 5.25. The van der Waals surface area contributed by atoms with Crippen LogP contribution in [0, 0.1) is 0 Å². The van der Waals surface area contributed by atoms with Crippen molar-refractivity contribution in [1.29, 1.82) is 0 Å². The second-order valence-electron chi connectivity index (χ2n) is 6.89. The van der Waals surface area contributed by atoms with Gasteiger partial charge in [0.25, 0.3) is 0 Å². The molecular formula is C19H28ClNO2. The van der Waals surface area contributed by atoms with E-state index < -0.39 is 0 Å². The predicted octanol–water partition coefficient (Wildman–Crippen LogP) is 4.08. The molecule has 128 valence electrons. The smallest absolute Gasteiger partial charge is 0.155 e. The third-order valence-electron chi connectivity index (χ3n) is 5.00. The van der Waals surface area contributed by atoms with Crippen LogP contribution < -0.4 is 0 Å². The summed E-state index contributed by atoms with van der Waals surface area (Å²) in [6.45, 7) is 2.45. The number of rotatable bonds is 9. The summed E-state index contributed by atoms with van der Waals surface area (Å²) in [5.74, 6) is 0.0887. The summed E-state index contributed by atoms with van der Waals surface area (Å²) >= 11 is 6.05. The van der Waals surface area contributed by atoms with Gasteiger partial charge in [-0.2, -0.15) is 0 Å². The van der Waals surface area contributed by atoms with Crippen molar-refractivity contribution in [3.8, 4) is 0 Å². The molecule has 0 spiro atoms. The summed E-state index contributed by atoms with van der Waals surface area (Å²) in [6, 6.07) is 8.85. The molecule has 3 nitrogen and oxygen atoms in total. The van der Waals surface area contributed by atoms with Gasteiger partial charge in [-0.05, 0) is 64.4 Å². The maximum atomic E-state index is 10.9. The third kappa shape index (κ3) is 4.56. The average molecular weight is 338 g/mol. The van der Waals surface area contributed by atoms with Gasteiger partial charge in [-0.3, -0.25) is 4.79 Å². The van der Waals surface area contributed by atoms with Gasteiger partial charge in [0.1, 0.15) is 6.61 Å². The topological polar surface area (TPSA) is 29.5 Å². The summed E-state index contributed by atoms with van der Waals surface area (Å²) in [5, 5.41) is 0.794. The molecule has 1 unspecified atom stereocenters. The number of hydrogen-bond donors (Lipinski definition) is 0. The molecule has 1 aromatic carbocycles. The van der Waals surface area contributed by atoms with Crippen LogP contribution in [0.4, 0.5) is 0 Å². The number of ether oxygens (including phenoxy) is 1. The highest BCUT2D eigenvalue weighted by atomic mass is 35.5. The summed E-state index contributed by atoms with van der Waals surface area (Å²) in [6.07, 6.45) is 5.80. The van der Waals surface area contributed by atoms with Crippen LogP contribution in [0.3, 0.4) is 0 Å². The van der Waals surface area contributed by atoms with Crippen molar-refractivity contribution in [1.82, 2.24) is 4.90 Å². The Hall–Kier alpha value is -0.900. The molecule has 1 aromatic rings. The standard InChI is InChI=1S/C19H28ClNO2/c1-15(22)14-23-13-4-6-18(21(2)3)19(11-5-12-19)16-7-9-17(20)10-8-16/h7-10,18H,4-6,11-14H2,1-3H3. The summed E-state index contributed by atoms with van der Waals surface area (Å²) in [4.78, 5) is 13.3. The fraction of sp³-hybridized carbons (Fsp3) is 0.632. The Morgan fingerprint density at radius 2 is 1.96 bits per heavy atom. The van der Waals surface area contributed by atoms with E-state index in [1.54, 1.807) is 6.92 Å². The van der Waals surface area contributed by atoms with Crippen molar-refractivity contribution in [3.63, 3.8) is 0 Å². The molecular weight excluding hydrogens is 310 g/mol. The van der Waals surface area contributed by atoms with Crippen LogP contribution in [0.5, 0.6) is 0 Å². The summed E-state index contributed by atoms with van der Waals surface area (Å²) in [5.41, 5.74) is 1.63. The van der Waals surface area contributed by atoms with E-state index in [-0.39, 0.29) is 17.8 Å². The van der Waals surface area contributed by atoms with E-state index in [0.29, 0.717) is 12.6 Å². The monoisotopic (exact) mass is 337 g/mol. The molecule has 0 aromatic heterocycles. The Balaban J connectivity index is 2.02. The molecule has 0 bridgehead atoms. The number of ketones is 1. The van der Waals surface area contributed by atoms with E-state index in [2.05, 4.69) is 31.1 Å². The number of likely N-dealkylation sites (N-methyl/N-ethyl adjacent to an activating group) is 1. The molecule has 0 heterocycles. The number of carbonyl (C=O) groups is 1. The number of nitrogens with zero attached hydrogens (tertiary/aromatic N) is 1. The lowest BCUT2D eigenvalue weighted by Crippen LogP contribution is -2.52. The summed E-state index contributed by atoms with van der Waals surface area (Å²) in [7, 11) is 4.33. The van der Waals surface area contributed by atoms with E-state index in [0.717, 1.165) is 17.9 Å². The molecule has 23 heavy (non-hydrogen) atoms. The maximum Gasteiger partial charge on any atom is 0.155 e. The van der Waals surface area contributed by atoms with Gasteiger partial charge in [0.15, 0.2) is 5.78 Å². The van der Waals surface area contributed by atoms with Crippen molar-refractivity contribution in [3.05, 3.63) is 34.9 Å². The molecule has 1 atom stereocenters. The Morgan fingerprint density at radius 3 is 2.43 bits per heavy atom. The van der Waals surface area contributed by atoms with Crippen LogP contribution in [0.1, 0.15) is 44.6 Å². The predicted molar refractivity (Wildman–Crippen MR) is 95.2 cm³/mol. The van der Waals surface area contributed by atoms with E-state index in [9.17, 15) is 4.79 Å². The van der Waals surface area contributed by atoms with Gasteiger partial charge in [-0.25, -0.2) is 0 Å². The quantitative estimate of drug-likeness (QED) is 0.636. The molecule has 1 aliphatic carbocycles. The molecule has 0 N–H and O–H groups in total. The molecule has 1 saturated carbocycles. The molecule has 1 aliphatic rings. The van der Waals surface area contributed by atoms with Gasteiger partial charge in [0.05, 0.1) is 0 Å². The van der Waals surface area contributed by atoms with Crippen LogP contribution >= 0.6 is 11.6 Å². The molecule has 1 fully saturated rings. The van der Waals surface area contributed by atoms with Gasteiger partial charge in [-0.1, -0.05) is 30.2 Å². The largest absolute Gasteiger partial charge is 0.374 e. The van der Waals surface area contributed by atoms with Crippen molar-refractivity contribution >= 4 is 17.4 Å². The zero-order valence-electron chi connectivity index (χ0n) is 14.5. The van der Waals surface area contributed by atoms with Gasteiger partial charge >= 0.3 is 0 Å². The highest BCUT2D eigenvalue weighted by molar-refractivity contribution is 6.30. The molecule has 0 radical (unpaired) electrons. The minimum Gasteiger partial charge on any atom is -0.374 e. The van der Waals surface area contributed by atoms with Crippen LogP contribution in [0.25, 0.3) is 0 Å². The lowest BCUT2D eigenvalue weighted by atomic mass is 9.59. The molecule has 0 aliphatic heterocycles. The van der Waals surface area contributed by atoms with E-state index in [1.165, 1.54) is 24.8 Å². The van der Waals surface area contributed by atoms with Gasteiger partial charge in [-0.15, -0.1) is 0 Å². The summed E-state index contributed by atoms with van der Waals surface area (Å²) < 4.78 is 5.43. The first-order valence-electron chi connectivity index (χ1n) is 8.45. The van der Waals surface area contributed by atoms with E-state index >= 15 is 0 Å². The second kappa shape index (κ2) is 8.27. The normalized spacial score (nSPS) is 17.8. The molecule has 2 rings (SSSR count). The highest BCUT2D eigenvalue weighted by Gasteiger charge is 2.45. The van der Waals surface area contributed by atoms with Crippen LogP contribution in [0.15, 0.2) is 24.3 Å². The Labute approximate surface area is 145 Å². The van der Waals surface area contributed by atoms with Crippen LogP contribution in [-0.4, -0.2) is 44.0 Å². The van der Waals surface area contributed by atoms with Crippen LogP contribution in [-0.2, 0) is 14.9 Å². The van der Waals surface area contributed by atoms with Crippen molar-refractivity contribution in [2.24, 2.45) is 0 Å². The van der Waals surface area contributed by atoms with Crippen molar-refractivity contribution < 1.29 is 9.53 Å². The lowest BCUT2D eigenvalue weighted by molar-refractivity contribution is -0.121. The minimum atomic E-state index is 0.0887. The number of carbonyl (C=O) groups excluding carboxylic acids is 1. The van der Waals surface area contributed by atoms with Gasteiger partial charge in [0.2, 0.25) is 0 Å². The number of hydrogen-bond acceptors (Lipinski definition) is 3. The van der Waals surface area contributed by atoms with Gasteiger partial charge < -0.3 is 9.64 Å². The minimum absolute atomic E-state index is 0.0887. The number of Topliss-reactive ketones (excluding diaryl/α,β-unsaturated/α-hetero) is 1. The SMILES string of the molecule is CC(=O)COCCCC(N(C)C)C1(c2ccc(Cl)cc2)CCC1. The first-order chi connectivity index (χ1) is 11.0. The Morgan fingerprint density at radius 1 is 1.30 bits per heavy atom. The van der Waals surface area contributed by atoms with E-state index in [1.807, 2.05) is 12.1 Å². The second-order valence-corrected chi connectivity index (χ2v) is 7.33. The molecule has 0 amide bonds. The Bertz CT molecular complexity index is 509. The maximum absolute atomic E-state index is 10.9. The first kappa shape index (κ1) is 18.4. The fourth-order valence-corrected chi connectivity index (χ4v) is 3.90. The number of benzene rings is 1. The van der Waals surface area contributed by atoms with Crippen molar-refractivity contribution in [2.45, 2.75) is 50.5 Å². The molecule has 0 saturated heterocycles. The van der Waals surface area contributed by atoms with Crippen molar-refractivity contribution in [2.75, 3.05) is 27.3 Å². The van der Waals surface area contributed by atoms with E-state index in [4.69, 9.17) is 16.3 Å². The Kier molecular flexibility index (Phi) is 6.63.